The van der Waals surface area contributed by atoms with Gasteiger partial charge in [0.1, 0.15) is 11.4 Å². The van der Waals surface area contributed by atoms with Gasteiger partial charge >= 0.3 is 5.97 Å². The van der Waals surface area contributed by atoms with E-state index in [4.69, 9.17) is 9.72 Å². The van der Waals surface area contributed by atoms with Gasteiger partial charge in [0.05, 0.1) is 35.5 Å². The number of nitrogens with zero attached hydrogens (tertiary/aromatic N) is 5. The number of carboxylic acid groups (broad SMARTS) is 1. The van der Waals surface area contributed by atoms with Crippen molar-refractivity contribution in [3.8, 4) is 22.3 Å². The van der Waals surface area contributed by atoms with Crippen molar-refractivity contribution in [1.29, 1.82) is 0 Å². The number of carboxylic acids is 1. The fourth-order valence-corrected chi connectivity index (χ4v) is 6.66. The van der Waals surface area contributed by atoms with E-state index in [-0.39, 0.29) is 28.9 Å². The molecule has 7 rings (SSSR count). The molecule has 2 saturated heterocycles. The van der Waals surface area contributed by atoms with Crippen molar-refractivity contribution in [2.45, 2.75) is 18.6 Å². The number of hydrogen-bond acceptors (Lipinski definition) is 9. The van der Waals surface area contributed by atoms with E-state index < -0.39 is 11.4 Å². The smallest absolute Gasteiger partial charge is 0.341 e. The van der Waals surface area contributed by atoms with Crippen LogP contribution in [0.1, 0.15) is 21.6 Å². The van der Waals surface area contributed by atoms with Gasteiger partial charge in [-0.25, -0.2) is 18.8 Å². The van der Waals surface area contributed by atoms with Crippen LogP contribution in [0.15, 0.2) is 41.6 Å². The first-order valence-electron chi connectivity index (χ1n) is 13.8. The minimum Gasteiger partial charge on any atom is -0.477 e. The summed E-state index contributed by atoms with van der Waals surface area (Å²) in [4.78, 5) is 39.1. The zero-order chi connectivity index (χ0) is 29.3. The molecule has 0 saturated carbocycles. The van der Waals surface area contributed by atoms with Gasteiger partial charge in [-0.1, -0.05) is 0 Å². The van der Waals surface area contributed by atoms with Gasteiger partial charge in [-0.05, 0) is 36.4 Å². The van der Waals surface area contributed by atoms with Gasteiger partial charge in [-0.15, -0.1) is 0 Å². The Morgan fingerprint density at radius 3 is 2.71 bits per heavy atom. The van der Waals surface area contributed by atoms with E-state index in [0.717, 1.165) is 45.9 Å². The number of likely N-dealkylation sites (N-methyl/N-ethyl adjacent to an activating group) is 1. The number of halogens is 1. The number of fused-ring (bicyclic) bond motifs is 5. The van der Waals surface area contributed by atoms with Crippen molar-refractivity contribution >= 4 is 28.4 Å². The summed E-state index contributed by atoms with van der Waals surface area (Å²) >= 11 is 0. The van der Waals surface area contributed by atoms with Gasteiger partial charge < -0.3 is 25.5 Å². The summed E-state index contributed by atoms with van der Waals surface area (Å²) in [6.45, 7) is 2.84. The maximum absolute atomic E-state index is 14.9. The SMILES string of the molecule is CNc1cc(F)cc2c1Cc1ncc(-c3cnc4c(c3)c(=O)c(C(=O)O)cn4NC)c(N3C[C@@H]4OCCN(C)[C@@H]4C3)c1-2. The molecule has 3 aliphatic rings. The molecule has 2 fully saturated rings. The van der Waals surface area contributed by atoms with E-state index in [1.54, 1.807) is 38.6 Å². The molecular formula is C30H30FN7O4. The van der Waals surface area contributed by atoms with E-state index >= 15 is 0 Å². The van der Waals surface area contributed by atoms with Crippen LogP contribution in [-0.2, 0) is 11.2 Å². The lowest BCUT2D eigenvalue weighted by Gasteiger charge is -2.33. The number of nitrogens with one attached hydrogen (secondary N) is 2. The Hall–Kier alpha value is -4.55. The first kappa shape index (κ1) is 26.4. The molecule has 2 aliphatic heterocycles. The first-order valence-corrected chi connectivity index (χ1v) is 13.8. The van der Waals surface area contributed by atoms with Crippen LogP contribution in [0.3, 0.4) is 0 Å². The second-order valence-corrected chi connectivity index (χ2v) is 11.0. The number of benzene rings is 1. The third-order valence-electron chi connectivity index (χ3n) is 8.75. The molecule has 216 valence electrons. The Labute approximate surface area is 240 Å². The summed E-state index contributed by atoms with van der Waals surface area (Å²) in [7, 11) is 5.50. The summed E-state index contributed by atoms with van der Waals surface area (Å²) in [5, 5.41) is 13.0. The van der Waals surface area contributed by atoms with Crippen molar-refractivity contribution in [3.05, 3.63) is 69.7 Å². The number of hydrogen-bond donors (Lipinski definition) is 3. The van der Waals surface area contributed by atoms with E-state index in [9.17, 15) is 19.1 Å². The van der Waals surface area contributed by atoms with Crippen molar-refractivity contribution in [3.63, 3.8) is 0 Å². The molecule has 0 bridgehead atoms. The van der Waals surface area contributed by atoms with E-state index in [2.05, 4.69) is 32.6 Å². The third-order valence-corrected chi connectivity index (χ3v) is 8.75. The standard InChI is InChI=1S/C30H30FN7O4/c1-32-22-8-16(31)7-18-17(22)9-23-26(18)27(37-13-24-25(14-37)42-5-4-36(24)3)20(11-34-23)15-6-19-28(39)21(30(40)41)12-38(33-2)29(19)35-10-15/h6-8,10-12,24-25,32-33H,4-5,9,13-14H2,1-3H3,(H,40,41)/t24-,25+/m1/s1. The maximum atomic E-state index is 14.9. The van der Waals surface area contributed by atoms with Crippen molar-refractivity contribution < 1.29 is 19.0 Å². The highest BCUT2D eigenvalue weighted by Crippen LogP contribution is 2.49. The number of rotatable bonds is 5. The number of carbonyl (C=O) groups is 1. The zero-order valence-electron chi connectivity index (χ0n) is 23.4. The molecule has 0 spiro atoms. The molecule has 2 atom stereocenters. The van der Waals surface area contributed by atoms with Crippen molar-refractivity contribution in [2.24, 2.45) is 0 Å². The van der Waals surface area contributed by atoms with Crippen LogP contribution < -0.4 is 21.1 Å². The minimum atomic E-state index is -1.32. The molecule has 0 amide bonds. The van der Waals surface area contributed by atoms with Crippen LogP contribution in [0.4, 0.5) is 15.8 Å². The number of pyridine rings is 3. The van der Waals surface area contributed by atoms with Crippen LogP contribution >= 0.6 is 0 Å². The summed E-state index contributed by atoms with van der Waals surface area (Å²) in [6, 6.07) is 4.92. The van der Waals surface area contributed by atoms with Crippen molar-refractivity contribution in [2.75, 3.05) is 63.0 Å². The molecule has 0 unspecified atom stereocenters. The molecule has 5 heterocycles. The minimum absolute atomic E-state index is 0.0114. The maximum Gasteiger partial charge on any atom is 0.341 e. The molecule has 42 heavy (non-hydrogen) atoms. The highest BCUT2D eigenvalue weighted by molar-refractivity contribution is 5.98. The molecule has 4 aromatic rings. The molecule has 1 aromatic carbocycles. The van der Waals surface area contributed by atoms with Gasteiger partial charge in [0.25, 0.3) is 0 Å². The van der Waals surface area contributed by atoms with Crippen LogP contribution in [0.5, 0.6) is 0 Å². The predicted molar refractivity (Wildman–Crippen MR) is 158 cm³/mol. The monoisotopic (exact) mass is 571 g/mol. The number of ether oxygens (including phenoxy) is 1. The Morgan fingerprint density at radius 2 is 1.98 bits per heavy atom. The Morgan fingerprint density at radius 1 is 1.14 bits per heavy atom. The van der Waals surface area contributed by atoms with Crippen molar-refractivity contribution in [1.82, 2.24) is 19.5 Å². The molecule has 0 radical (unpaired) electrons. The molecule has 3 aromatic heterocycles. The number of aromatic carboxylic acids is 1. The van der Waals surface area contributed by atoms with E-state index in [1.807, 2.05) is 0 Å². The number of anilines is 2. The van der Waals surface area contributed by atoms with Crippen LogP contribution in [0.25, 0.3) is 33.3 Å². The Kier molecular flexibility index (Phi) is 6.13. The molecule has 12 heteroatoms. The highest BCUT2D eigenvalue weighted by atomic mass is 19.1. The van der Waals surface area contributed by atoms with Gasteiger partial charge in [0.15, 0.2) is 5.65 Å². The van der Waals surface area contributed by atoms with Gasteiger partial charge in [-0.2, -0.15) is 0 Å². The fourth-order valence-electron chi connectivity index (χ4n) is 6.66. The predicted octanol–water partition coefficient (Wildman–Crippen LogP) is 2.60. The summed E-state index contributed by atoms with van der Waals surface area (Å²) < 4.78 is 22.5. The third kappa shape index (κ3) is 3.93. The summed E-state index contributed by atoms with van der Waals surface area (Å²) in [5.74, 6) is -1.67. The number of morpholine rings is 1. The topological polar surface area (TPSA) is 125 Å². The average molecular weight is 572 g/mol. The Balaban J connectivity index is 1.48. The van der Waals surface area contributed by atoms with Gasteiger partial charge in [0, 0.05) is 81.1 Å². The lowest BCUT2D eigenvalue weighted by molar-refractivity contribution is -0.0362. The second kappa shape index (κ2) is 9.78. The quantitative estimate of drug-likeness (QED) is 0.290. The van der Waals surface area contributed by atoms with Gasteiger partial charge in [-0.3, -0.25) is 14.7 Å². The van der Waals surface area contributed by atoms with E-state index in [0.29, 0.717) is 37.3 Å². The fraction of sp³-hybridized carbons (Fsp3) is 0.333. The normalized spacial score (nSPS) is 19.5. The lowest BCUT2D eigenvalue weighted by atomic mass is 9.97. The summed E-state index contributed by atoms with van der Waals surface area (Å²) in [6.07, 6.45) is 5.24. The van der Waals surface area contributed by atoms with Crippen LogP contribution in [-0.4, -0.2) is 90.1 Å². The highest BCUT2D eigenvalue weighted by Gasteiger charge is 2.41. The molecular weight excluding hydrogens is 541 g/mol. The van der Waals surface area contributed by atoms with Crippen LogP contribution in [0, 0.1) is 5.82 Å². The molecule has 1 aliphatic carbocycles. The van der Waals surface area contributed by atoms with E-state index in [1.165, 1.54) is 16.9 Å². The molecule has 11 nitrogen and oxygen atoms in total. The van der Waals surface area contributed by atoms with Crippen LogP contribution in [0.2, 0.25) is 0 Å². The first-order chi connectivity index (χ1) is 20.3. The van der Waals surface area contributed by atoms with Gasteiger partial charge in [0.2, 0.25) is 5.43 Å². The Bertz CT molecular complexity index is 1840. The zero-order valence-corrected chi connectivity index (χ0v) is 23.4. The lowest BCUT2D eigenvalue weighted by Crippen LogP contribution is -2.48. The summed E-state index contributed by atoms with van der Waals surface area (Å²) in [5.41, 5.74) is 8.57. The average Bonchev–Trinajstić information content (AvgIpc) is 3.59. The molecule has 3 N–H and O–H groups in total. The second-order valence-electron chi connectivity index (χ2n) is 11.0. The number of aromatic nitrogens is 3. The largest absolute Gasteiger partial charge is 0.477 e.